The van der Waals surface area contributed by atoms with Gasteiger partial charge < -0.3 is 14.7 Å². The third kappa shape index (κ3) is 5.33. The number of morpholine rings is 1. The molecule has 1 spiro atoms. The minimum absolute atomic E-state index is 0.139. The molecule has 162 valence electrons. The van der Waals surface area contributed by atoms with Crippen LogP contribution in [-0.4, -0.2) is 53.3 Å². The number of alkyl halides is 3. The van der Waals surface area contributed by atoms with E-state index in [2.05, 4.69) is 4.98 Å². The molecular weight excluding hydrogens is 410 g/mol. The topological polar surface area (TPSA) is 104 Å². The van der Waals surface area contributed by atoms with Crippen LogP contribution in [0, 0.1) is 22.6 Å². The number of rotatable bonds is 1. The zero-order valence-corrected chi connectivity index (χ0v) is 16.2. The van der Waals surface area contributed by atoms with E-state index in [1.807, 2.05) is 24.8 Å². The lowest BCUT2D eigenvalue weighted by Gasteiger charge is -2.47. The highest BCUT2D eigenvalue weighted by Crippen LogP contribution is 2.41. The number of ether oxygens (including phenoxy) is 1. The molecule has 0 radical (unpaired) electrons. The first-order chi connectivity index (χ1) is 13.8. The molecule has 1 unspecified atom stereocenters. The number of aliphatic carboxylic acids is 1. The molecule has 1 N–H and O–H groups in total. The third-order valence-corrected chi connectivity index (χ3v) is 4.64. The van der Waals surface area contributed by atoms with Crippen LogP contribution in [0.5, 0.6) is 0 Å². The second kappa shape index (κ2) is 8.39. The second-order valence-corrected chi connectivity index (χ2v) is 7.56. The lowest BCUT2D eigenvalue weighted by Crippen LogP contribution is -2.55. The largest absolute Gasteiger partial charge is 0.490 e. The Balaban J connectivity index is 0.000000396. The highest BCUT2D eigenvalue weighted by Gasteiger charge is 2.48. The van der Waals surface area contributed by atoms with E-state index in [1.165, 1.54) is 6.07 Å². The van der Waals surface area contributed by atoms with Gasteiger partial charge in [0.15, 0.2) is 5.78 Å². The van der Waals surface area contributed by atoms with Crippen molar-refractivity contribution in [2.75, 3.05) is 24.6 Å². The molecule has 1 aliphatic heterocycles. The number of allylic oxidation sites excluding steroid dienone is 1. The fraction of sp³-hybridized carbons (Fsp3) is 0.474. The SMILES string of the molecule is CC1(C)CC2(C=C(C#N)C1=O)CN(c1cncc(F)c1)CCO2.O=C(O)C(F)(F)F. The van der Waals surface area contributed by atoms with Gasteiger partial charge in [0.25, 0.3) is 0 Å². The first-order valence-corrected chi connectivity index (χ1v) is 8.77. The number of hydrogen-bond donors (Lipinski definition) is 1. The molecule has 2 aliphatic rings. The fourth-order valence-corrected chi connectivity index (χ4v) is 3.45. The van der Waals surface area contributed by atoms with Crippen LogP contribution in [0.3, 0.4) is 0 Å². The van der Waals surface area contributed by atoms with Gasteiger partial charge in [-0.3, -0.25) is 9.78 Å². The number of carboxylic acid groups (broad SMARTS) is 1. The molecule has 1 aliphatic carbocycles. The quantitative estimate of drug-likeness (QED) is 0.685. The molecule has 30 heavy (non-hydrogen) atoms. The van der Waals surface area contributed by atoms with E-state index in [-0.39, 0.29) is 11.4 Å². The number of carbonyl (C=O) groups excluding carboxylic acids is 1. The van der Waals surface area contributed by atoms with Crippen molar-refractivity contribution < 1.29 is 37.0 Å². The van der Waals surface area contributed by atoms with Crippen molar-refractivity contribution in [3.63, 3.8) is 0 Å². The van der Waals surface area contributed by atoms with Gasteiger partial charge in [0, 0.05) is 18.0 Å². The molecule has 7 nitrogen and oxygen atoms in total. The van der Waals surface area contributed by atoms with Gasteiger partial charge in [-0.1, -0.05) is 13.8 Å². The van der Waals surface area contributed by atoms with E-state index < -0.39 is 29.0 Å². The van der Waals surface area contributed by atoms with Crippen LogP contribution in [0.2, 0.25) is 0 Å². The summed E-state index contributed by atoms with van der Waals surface area (Å²) >= 11 is 0. The number of pyridine rings is 1. The molecule has 3 rings (SSSR count). The first-order valence-electron chi connectivity index (χ1n) is 8.77. The number of Topliss-reactive ketones (excluding diaryl/α,β-unsaturated/α-hetero) is 1. The summed E-state index contributed by atoms with van der Waals surface area (Å²) < 4.78 is 51.1. The Kier molecular flexibility index (Phi) is 6.51. The van der Waals surface area contributed by atoms with Gasteiger partial charge in [-0.2, -0.15) is 18.4 Å². The number of halogens is 4. The molecule has 0 aromatic carbocycles. The zero-order valence-electron chi connectivity index (χ0n) is 16.2. The molecule has 1 fully saturated rings. The smallest absolute Gasteiger partial charge is 0.475 e. The van der Waals surface area contributed by atoms with E-state index in [9.17, 15) is 27.6 Å². The molecule has 1 aromatic rings. The van der Waals surface area contributed by atoms with Crippen LogP contribution in [0.4, 0.5) is 23.2 Å². The number of ketones is 1. The van der Waals surface area contributed by atoms with Gasteiger partial charge in [0.1, 0.15) is 17.5 Å². The molecule has 1 saturated heterocycles. The average molecular weight is 429 g/mol. The Morgan fingerprint density at radius 1 is 1.37 bits per heavy atom. The molecule has 1 aromatic heterocycles. The summed E-state index contributed by atoms with van der Waals surface area (Å²) in [5, 5.41) is 16.4. The molecule has 0 saturated carbocycles. The van der Waals surface area contributed by atoms with Crippen molar-refractivity contribution in [3.05, 3.63) is 35.9 Å². The Morgan fingerprint density at radius 3 is 2.53 bits per heavy atom. The number of aromatic nitrogens is 1. The fourth-order valence-electron chi connectivity index (χ4n) is 3.45. The van der Waals surface area contributed by atoms with Crippen molar-refractivity contribution in [1.82, 2.24) is 4.98 Å². The average Bonchev–Trinajstić information content (AvgIpc) is 2.64. The molecule has 2 heterocycles. The van der Waals surface area contributed by atoms with Gasteiger partial charge in [0.05, 0.1) is 36.8 Å². The Labute approximate surface area is 169 Å². The van der Waals surface area contributed by atoms with Gasteiger partial charge >= 0.3 is 12.1 Å². The summed E-state index contributed by atoms with van der Waals surface area (Å²) in [6.45, 7) is 5.16. The number of nitrogens with zero attached hydrogens (tertiary/aromatic N) is 3. The van der Waals surface area contributed by atoms with Crippen molar-refractivity contribution in [3.8, 4) is 6.07 Å². The predicted octanol–water partition coefficient (Wildman–Crippen LogP) is 2.88. The zero-order chi connectivity index (χ0) is 22.7. The summed E-state index contributed by atoms with van der Waals surface area (Å²) in [6.07, 6.45) is -0.186. The van der Waals surface area contributed by atoms with Crippen molar-refractivity contribution in [2.24, 2.45) is 5.41 Å². The Bertz CT molecular complexity index is 908. The van der Waals surface area contributed by atoms with Crippen LogP contribution < -0.4 is 4.90 Å². The highest BCUT2D eigenvalue weighted by atomic mass is 19.4. The van der Waals surface area contributed by atoms with Crippen molar-refractivity contribution >= 4 is 17.4 Å². The number of anilines is 1. The van der Waals surface area contributed by atoms with Gasteiger partial charge in [-0.05, 0) is 12.5 Å². The van der Waals surface area contributed by atoms with E-state index >= 15 is 0 Å². The lowest BCUT2D eigenvalue weighted by molar-refractivity contribution is -0.192. The molecular formula is C19H19F4N3O4. The number of carbonyl (C=O) groups is 2. The normalized spacial score (nSPS) is 23.2. The van der Waals surface area contributed by atoms with Crippen LogP contribution in [0.1, 0.15) is 20.3 Å². The van der Waals surface area contributed by atoms with E-state index in [0.717, 1.165) is 6.20 Å². The maximum atomic E-state index is 13.4. The molecule has 0 amide bonds. The number of carboxylic acids is 1. The minimum atomic E-state index is -5.08. The van der Waals surface area contributed by atoms with Crippen LogP contribution in [-0.2, 0) is 14.3 Å². The van der Waals surface area contributed by atoms with Crippen LogP contribution in [0.25, 0.3) is 0 Å². The van der Waals surface area contributed by atoms with Crippen LogP contribution >= 0.6 is 0 Å². The Morgan fingerprint density at radius 2 is 2.00 bits per heavy atom. The maximum Gasteiger partial charge on any atom is 0.490 e. The van der Waals surface area contributed by atoms with Crippen molar-refractivity contribution in [1.29, 1.82) is 5.26 Å². The predicted molar refractivity (Wildman–Crippen MR) is 95.9 cm³/mol. The summed E-state index contributed by atoms with van der Waals surface area (Å²) in [4.78, 5) is 27.0. The maximum absolute atomic E-state index is 13.4. The molecule has 11 heteroatoms. The number of hydrogen-bond acceptors (Lipinski definition) is 6. The first kappa shape index (κ1) is 23.3. The van der Waals surface area contributed by atoms with Gasteiger partial charge in [-0.15, -0.1) is 0 Å². The highest BCUT2D eigenvalue weighted by molar-refractivity contribution is 6.04. The van der Waals surface area contributed by atoms with E-state index in [0.29, 0.717) is 31.8 Å². The van der Waals surface area contributed by atoms with E-state index in [4.69, 9.17) is 14.6 Å². The summed E-state index contributed by atoms with van der Waals surface area (Å²) in [5.41, 5.74) is -0.564. The summed E-state index contributed by atoms with van der Waals surface area (Å²) in [6, 6.07) is 3.42. The Hall–Kier alpha value is -3.00. The summed E-state index contributed by atoms with van der Waals surface area (Å²) in [5.74, 6) is -3.30. The molecule has 1 atom stereocenters. The monoisotopic (exact) mass is 429 g/mol. The number of nitriles is 1. The third-order valence-electron chi connectivity index (χ3n) is 4.64. The summed E-state index contributed by atoms with van der Waals surface area (Å²) in [7, 11) is 0. The van der Waals surface area contributed by atoms with Crippen LogP contribution in [0.15, 0.2) is 30.1 Å². The molecule has 0 bridgehead atoms. The lowest BCUT2D eigenvalue weighted by atomic mass is 9.69. The van der Waals surface area contributed by atoms with Gasteiger partial charge in [-0.25, -0.2) is 9.18 Å². The van der Waals surface area contributed by atoms with Gasteiger partial charge in [0.2, 0.25) is 0 Å². The second-order valence-electron chi connectivity index (χ2n) is 7.56. The van der Waals surface area contributed by atoms with E-state index in [1.54, 1.807) is 12.3 Å². The standard InChI is InChI=1S/C17H18FN3O2.C2HF3O2/c1-16(2)10-17(6-12(7-19)15(16)22)11-21(3-4-23-17)14-5-13(18)8-20-9-14;3-2(4,5)1(6)7/h5-6,8-9H,3-4,10-11H2,1-2H3;(H,6,7). The van der Waals surface area contributed by atoms with Crippen molar-refractivity contribution in [2.45, 2.75) is 32.0 Å². The minimum Gasteiger partial charge on any atom is -0.475 e.